The fourth-order valence-corrected chi connectivity index (χ4v) is 2.52. The van der Waals surface area contributed by atoms with Crippen molar-refractivity contribution in [3.05, 3.63) is 56.4 Å². The van der Waals surface area contributed by atoms with Gasteiger partial charge in [-0.1, -0.05) is 29.3 Å². The Morgan fingerprint density at radius 3 is 2.37 bits per heavy atom. The van der Waals surface area contributed by atoms with Crippen LogP contribution in [0.5, 0.6) is 0 Å². The summed E-state index contributed by atoms with van der Waals surface area (Å²) in [5.74, 6) is 0.888. The second-order valence-electron chi connectivity index (χ2n) is 4.43. The van der Waals surface area contributed by atoms with Gasteiger partial charge in [-0.15, -0.1) is 0 Å². The van der Waals surface area contributed by atoms with E-state index in [2.05, 4.69) is 35.1 Å². The lowest BCUT2D eigenvalue weighted by Crippen LogP contribution is -2.22. The Labute approximate surface area is 131 Å². The average molecular weight is 363 g/mol. The highest BCUT2D eigenvalue weighted by atomic mass is 79.9. The summed E-state index contributed by atoms with van der Waals surface area (Å²) in [7, 11) is 0. The van der Waals surface area contributed by atoms with Crippen LogP contribution in [0.15, 0.2) is 39.4 Å². The molecule has 2 atom stereocenters. The molecule has 1 aromatic heterocycles. The van der Waals surface area contributed by atoms with Gasteiger partial charge in [0, 0.05) is 6.04 Å². The molecule has 0 aliphatic carbocycles. The van der Waals surface area contributed by atoms with Crippen LogP contribution in [-0.2, 0) is 0 Å². The van der Waals surface area contributed by atoms with E-state index in [-0.39, 0.29) is 12.1 Å². The van der Waals surface area contributed by atoms with Gasteiger partial charge in [-0.3, -0.25) is 0 Å². The Balaban J connectivity index is 2.07. The highest BCUT2D eigenvalue weighted by Crippen LogP contribution is 2.27. The van der Waals surface area contributed by atoms with E-state index < -0.39 is 0 Å². The SMILES string of the molecule is CC(NC(C)c1ccc(Br)o1)c1ccc(Cl)c(Cl)c1. The van der Waals surface area contributed by atoms with E-state index in [1.165, 1.54) is 0 Å². The third-order valence-electron chi connectivity index (χ3n) is 2.96. The molecule has 2 aromatic rings. The minimum Gasteiger partial charge on any atom is -0.453 e. The third-order valence-corrected chi connectivity index (χ3v) is 4.13. The molecule has 0 aliphatic rings. The zero-order valence-corrected chi connectivity index (χ0v) is 13.7. The van der Waals surface area contributed by atoms with Gasteiger partial charge in [-0.05, 0) is 59.6 Å². The predicted octanol–water partition coefficient (Wildman–Crippen LogP) is 5.76. The Bertz CT molecular complexity index is 570. The van der Waals surface area contributed by atoms with Gasteiger partial charge in [0.25, 0.3) is 0 Å². The summed E-state index contributed by atoms with van der Waals surface area (Å²) in [4.78, 5) is 0. The van der Waals surface area contributed by atoms with Gasteiger partial charge in [0.05, 0.1) is 16.1 Å². The number of halogens is 3. The summed E-state index contributed by atoms with van der Waals surface area (Å²) >= 11 is 15.3. The maximum Gasteiger partial charge on any atom is 0.169 e. The van der Waals surface area contributed by atoms with E-state index in [0.717, 1.165) is 16.0 Å². The van der Waals surface area contributed by atoms with E-state index in [1.54, 1.807) is 0 Å². The van der Waals surface area contributed by atoms with Gasteiger partial charge in [0.1, 0.15) is 5.76 Å². The second-order valence-corrected chi connectivity index (χ2v) is 6.02. The van der Waals surface area contributed by atoms with Gasteiger partial charge in [-0.25, -0.2) is 0 Å². The van der Waals surface area contributed by atoms with E-state index in [9.17, 15) is 0 Å². The summed E-state index contributed by atoms with van der Waals surface area (Å²) in [5.41, 5.74) is 1.09. The van der Waals surface area contributed by atoms with Crippen LogP contribution in [0.4, 0.5) is 0 Å². The molecule has 102 valence electrons. The van der Waals surface area contributed by atoms with Gasteiger partial charge < -0.3 is 9.73 Å². The Hall–Kier alpha value is -0.480. The van der Waals surface area contributed by atoms with Crippen molar-refractivity contribution in [3.63, 3.8) is 0 Å². The molecule has 19 heavy (non-hydrogen) atoms. The summed E-state index contributed by atoms with van der Waals surface area (Å²) in [6, 6.07) is 9.75. The molecule has 5 heteroatoms. The predicted molar refractivity (Wildman–Crippen MR) is 82.8 cm³/mol. The standard InChI is InChI=1S/C14H14BrCl2NO/c1-8(10-3-4-11(16)12(17)7-10)18-9(2)13-5-6-14(15)19-13/h3-9,18H,1-2H3. The van der Waals surface area contributed by atoms with Crippen LogP contribution in [0, 0.1) is 0 Å². The van der Waals surface area contributed by atoms with Crippen LogP contribution in [-0.4, -0.2) is 0 Å². The molecule has 0 radical (unpaired) electrons. The zero-order chi connectivity index (χ0) is 14.0. The van der Waals surface area contributed by atoms with E-state index in [4.69, 9.17) is 27.6 Å². The van der Waals surface area contributed by atoms with Crippen molar-refractivity contribution in [1.82, 2.24) is 5.32 Å². The maximum absolute atomic E-state index is 6.03. The first-order valence-corrected chi connectivity index (χ1v) is 7.48. The highest BCUT2D eigenvalue weighted by Gasteiger charge is 2.14. The monoisotopic (exact) mass is 361 g/mol. The molecule has 1 aromatic carbocycles. The van der Waals surface area contributed by atoms with Crippen LogP contribution in [0.2, 0.25) is 10.0 Å². The molecule has 0 aliphatic heterocycles. The Kier molecular flexibility index (Phi) is 4.96. The van der Waals surface area contributed by atoms with Gasteiger partial charge >= 0.3 is 0 Å². The maximum atomic E-state index is 6.03. The molecule has 1 heterocycles. The molecule has 1 N–H and O–H groups in total. The van der Waals surface area contributed by atoms with E-state index >= 15 is 0 Å². The van der Waals surface area contributed by atoms with E-state index in [1.807, 2.05) is 30.3 Å². The highest BCUT2D eigenvalue weighted by molar-refractivity contribution is 9.10. The summed E-state index contributed by atoms with van der Waals surface area (Å²) in [6.45, 7) is 4.13. The first kappa shape index (κ1) is 14.9. The number of nitrogens with one attached hydrogen (secondary N) is 1. The summed E-state index contributed by atoms with van der Waals surface area (Å²) in [6.07, 6.45) is 0. The fraction of sp³-hybridized carbons (Fsp3) is 0.286. The average Bonchev–Trinajstić information content (AvgIpc) is 2.79. The fourth-order valence-electron chi connectivity index (χ4n) is 1.90. The molecule has 0 saturated carbocycles. The van der Waals surface area contributed by atoms with Crippen molar-refractivity contribution >= 4 is 39.1 Å². The van der Waals surface area contributed by atoms with Crippen LogP contribution in [0.1, 0.15) is 37.3 Å². The quantitative estimate of drug-likeness (QED) is 0.747. The molecular formula is C14H14BrCl2NO. The Morgan fingerprint density at radius 2 is 1.79 bits per heavy atom. The van der Waals surface area contributed by atoms with Crippen LogP contribution >= 0.6 is 39.1 Å². The smallest absolute Gasteiger partial charge is 0.169 e. The largest absolute Gasteiger partial charge is 0.453 e. The lowest BCUT2D eigenvalue weighted by molar-refractivity contribution is 0.394. The van der Waals surface area contributed by atoms with Crippen molar-refractivity contribution in [2.75, 3.05) is 0 Å². The minimum absolute atomic E-state index is 0.107. The lowest BCUT2D eigenvalue weighted by atomic mass is 10.1. The van der Waals surface area contributed by atoms with Gasteiger partial charge in [0.15, 0.2) is 4.67 Å². The number of furan rings is 1. The van der Waals surface area contributed by atoms with Gasteiger partial charge in [-0.2, -0.15) is 0 Å². The summed E-state index contributed by atoms with van der Waals surface area (Å²) in [5, 5.41) is 4.60. The molecule has 0 amide bonds. The molecule has 0 saturated heterocycles. The minimum atomic E-state index is 0.107. The van der Waals surface area contributed by atoms with E-state index in [0.29, 0.717) is 10.0 Å². The van der Waals surface area contributed by atoms with Crippen molar-refractivity contribution in [1.29, 1.82) is 0 Å². The molecule has 2 rings (SSSR count). The third kappa shape index (κ3) is 3.76. The number of hydrogen-bond acceptors (Lipinski definition) is 2. The number of benzene rings is 1. The lowest BCUT2D eigenvalue weighted by Gasteiger charge is -2.19. The first-order valence-electron chi connectivity index (χ1n) is 5.93. The summed E-state index contributed by atoms with van der Waals surface area (Å²) < 4.78 is 6.27. The van der Waals surface area contributed by atoms with Crippen molar-refractivity contribution in [2.45, 2.75) is 25.9 Å². The Morgan fingerprint density at radius 1 is 1.05 bits per heavy atom. The molecule has 2 nitrogen and oxygen atoms in total. The normalized spacial score (nSPS) is 14.4. The van der Waals surface area contributed by atoms with Crippen molar-refractivity contribution in [2.24, 2.45) is 0 Å². The zero-order valence-electron chi connectivity index (χ0n) is 10.6. The topological polar surface area (TPSA) is 25.2 Å². The molecule has 0 bridgehead atoms. The van der Waals surface area contributed by atoms with Gasteiger partial charge in [0.2, 0.25) is 0 Å². The number of rotatable bonds is 4. The van der Waals surface area contributed by atoms with Crippen LogP contribution < -0.4 is 5.32 Å². The first-order chi connectivity index (χ1) is 8.97. The van der Waals surface area contributed by atoms with Crippen LogP contribution in [0.25, 0.3) is 0 Å². The second kappa shape index (κ2) is 6.31. The molecule has 0 spiro atoms. The molecule has 2 unspecified atom stereocenters. The van der Waals surface area contributed by atoms with Crippen molar-refractivity contribution in [3.8, 4) is 0 Å². The molecule has 0 fully saturated rings. The molecular weight excluding hydrogens is 349 g/mol. The van der Waals surface area contributed by atoms with Crippen LogP contribution in [0.3, 0.4) is 0 Å². The number of hydrogen-bond donors (Lipinski definition) is 1. The van der Waals surface area contributed by atoms with Crippen molar-refractivity contribution < 1.29 is 4.42 Å².